The zero-order chi connectivity index (χ0) is 13.2. The van der Waals surface area contributed by atoms with Crippen LogP contribution in [0.25, 0.3) is 0 Å². The topological polar surface area (TPSA) is 68.2 Å². The summed E-state index contributed by atoms with van der Waals surface area (Å²) < 4.78 is 16.8. The van der Waals surface area contributed by atoms with Gasteiger partial charge >= 0.3 is 0 Å². The summed E-state index contributed by atoms with van der Waals surface area (Å²) >= 11 is 0. The van der Waals surface area contributed by atoms with Crippen LogP contribution in [0.4, 0.5) is 0 Å². The van der Waals surface area contributed by atoms with Gasteiger partial charge in [0.1, 0.15) is 12.2 Å². The summed E-state index contributed by atoms with van der Waals surface area (Å²) in [7, 11) is 0. The van der Waals surface area contributed by atoms with E-state index in [1.54, 1.807) is 0 Å². The molecule has 2 saturated heterocycles. The maximum Gasteiger partial charge on any atom is 0.165 e. The second kappa shape index (κ2) is 5.56. The molecule has 2 heterocycles. The summed E-state index contributed by atoms with van der Waals surface area (Å²) in [5, 5.41) is 19.6. The molecule has 2 bridgehead atoms. The molecule has 1 aromatic carbocycles. The van der Waals surface area contributed by atoms with Gasteiger partial charge < -0.3 is 24.4 Å². The molecule has 0 radical (unpaired) electrons. The van der Waals surface area contributed by atoms with Crippen molar-refractivity contribution < 1.29 is 24.4 Å². The fraction of sp³-hybridized carbons (Fsp3) is 0.571. The molecule has 0 spiro atoms. The van der Waals surface area contributed by atoms with Crippen molar-refractivity contribution in [3.8, 4) is 0 Å². The molecule has 0 aromatic heterocycles. The third kappa shape index (κ3) is 2.52. The zero-order valence-corrected chi connectivity index (χ0v) is 10.5. The molecule has 0 unspecified atom stereocenters. The van der Waals surface area contributed by atoms with Crippen LogP contribution >= 0.6 is 0 Å². The van der Waals surface area contributed by atoms with Crippen molar-refractivity contribution >= 4 is 0 Å². The highest BCUT2D eigenvalue weighted by molar-refractivity contribution is 5.13. The number of hydrogen-bond acceptors (Lipinski definition) is 5. The molecule has 0 saturated carbocycles. The van der Waals surface area contributed by atoms with Crippen molar-refractivity contribution in [2.24, 2.45) is 5.92 Å². The molecule has 2 aliphatic heterocycles. The molecule has 0 aliphatic carbocycles. The van der Waals surface area contributed by atoms with E-state index in [1.807, 2.05) is 30.3 Å². The van der Waals surface area contributed by atoms with Crippen LogP contribution in [0.5, 0.6) is 0 Å². The molecule has 5 atom stereocenters. The van der Waals surface area contributed by atoms with Crippen LogP contribution in [-0.2, 0) is 20.8 Å². The zero-order valence-electron chi connectivity index (χ0n) is 10.5. The molecule has 0 amide bonds. The Morgan fingerprint density at radius 1 is 1.26 bits per heavy atom. The third-order valence-corrected chi connectivity index (χ3v) is 3.72. The van der Waals surface area contributed by atoms with E-state index in [1.165, 1.54) is 0 Å². The minimum atomic E-state index is -0.764. The molecule has 2 fully saturated rings. The number of rotatable bonds is 4. The Morgan fingerprint density at radius 3 is 2.79 bits per heavy atom. The van der Waals surface area contributed by atoms with E-state index in [9.17, 15) is 10.2 Å². The number of aliphatic hydroxyl groups excluding tert-OH is 2. The van der Waals surface area contributed by atoms with Crippen LogP contribution in [0.2, 0.25) is 0 Å². The van der Waals surface area contributed by atoms with E-state index < -0.39 is 24.4 Å². The van der Waals surface area contributed by atoms with Crippen LogP contribution < -0.4 is 0 Å². The molecule has 19 heavy (non-hydrogen) atoms. The minimum Gasteiger partial charge on any atom is -0.396 e. The predicted octanol–water partition coefficient (Wildman–Crippen LogP) is 0.296. The minimum absolute atomic E-state index is 0.177. The van der Waals surface area contributed by atoms with Crippen LogP contribution in [0, 0.1) is 5.92 Å². The lowest BCUT2D eigenvalue weighted by molar-refractivity contribution is -0.225. The van der Waals surface area contributed by atoms with Crippen LogP contribution in [0.1, 0.15) is 5.56 Å². The van der Waals surface area contributed by atoms with E-state index in [4.69, 9.17) is 14.2 Å². The summed E-state index contributed by atoms with van der Waals surface area (Å²) in [6.45, 7) is 0.632. The lowest BCUT2D eigenvalue weighted by atomic mass is 9.93. The van der Waals surface area contributed by atoms with Gasteiger partial charge in [0.2, 0.25) is 0 Å². The van der Waals surface area contributed by atoms with Crippen molar-refractivity contribution in [1.29, 1.82) is 0 Å². The average molecular weight is 266 g/mol. The van der Waals surface area contributed by atoms with Crippen molar-refractivity contribution in [2.45, 2.75) is 31.2 Å². The first-order valence-corrected chi connectivity index (χ1v) is 6.51. The first kappa shape index (κ1) is 13.0. The van der Waals surface area contributed by atoms with Gasteiger partial charge in [-0.2, -0.15) is 0 Å². The number of fused-ring (bicyclic) bond motifs is 2. The van der Waals surface area contributed by atoms with Crippen molar-refractivity contribution in [3.05, 3.63) is 35.9 Å². The Balaban J connectivity index is 1.66. The van der Waals surface area contributed by atoms with Gasteiger partial charge in [-0.25, -0.2) is 0 Å². The smallest absolute Gasteiger partial charge is 0.165 e. The lowest BCUT2D eigenvalue weighted by Crippen LogP contribution is -2.52. The largest absolute Gasteiger partial charge is 0.396 e. The highest BCUT2D eigenvalue weighted by atomic mass is 16.7. The highest BCUT2D eigenvalue weighted by Gasteiger charge is 2.50. The Kier molecular flexibility index (Phi) is 3.81. The Labute approximate surface area is 111 Å². The van der Waals surface area contributed by atoms with Crippen molar-refractivity contribution in [3.63, 3.8) is 0 Å². The SMILES string of the molecule is OC[C@H]1[C@@H]2OC[C@@H](O2)[C@@H](OCc2ccccc2)[C@@H]1O. The lowest BCUT2D eigenvalue weighted by Gasteiger charge is -2.37. The second-order valence-electron chi connectivity index (χ2n) is 4.97. The van der Waals surface area contributed by atoms with E-state index in [-0.39, 0.29) is 12.7 Å². The van der Waals surface area contributed by atoms with Gasteiger partial charge in [-0.3, -0.25) is 0 Å². The number of ether oxygens (including phenoxy) is 3. The normalized spacial score (nSPS) is 37.5. The number of aliphatic hydroxyl groups is 2. The molecule has 104 valence electrons. The van der Waals surface area contributed by atoms with Crippen molar-refractivity contribution in [2.75, 3.05) is 13.2 Å². The second-order valence-corrected chi connectivity index (χ2v) is 4.97. The first-order valence-electron chi connectivity index (χ1n) is 6.51. The van der Waals surface area contributed by atoms with Crippen LogP contribution in [0.3, 0.4) is 0 Å². The Hall–Kier alpha value is -0.980. The standard InChI is InChI=1S/C14H18O5/c15-6-10-12(16)13(11-8-18-14(10)19-11)17-7-9-4-2-1-3-5-9/h1-5,10-16H,6-8H2/t10-,11-,12-,13-,14-/m1/s1. The van der Waals surface area contributed by atoms with Gasteiger partial charge in [-0.15, -0.1) is 0 Å². The first-order chi connectivity index (χ1) is 9.29. The van der Waals surface area contributed by atoms with Gasteiger partial charge in [-0.05, 0) is 5.56 Å². The van der Waals surface area contributed by atoms with Gasteiger partial charge in [0.25, 0.3) is 0 Å². The fourth-order valence-corrected chi connectivity index (χ4v) is 2.63. The highest BCUT2D eigenvalue weighted by Crippen LogP contribution is 2.34. The molecule has 1 aromatic rings. The molecule has 2 aliphatic rings. The quantitative estimate of drug-likeness (QED) is 0.820. The summed E-state index contributed by atoms with van der Waals surface area (Å²) in [5.41, 5.74) is 1.04. The van der Waals surface area contributed by atoms with E-state index in [0.29, 0.717) is 13.2 Å². The van der Waals surface area contributed by atoms with Gasteiger partial charge in [0.15, 0.2) is 6.29 Å². The third-order valence-electron chi connectivity index (χ3n) is 3.72. The average Bonchev–Trinajstić information content (AvgIpc) is 2.86. The molecule has 2 N–H and O–H groups in total. The number of hydrogen-bond donors (Lipinski definition) is 2. The molecule has 5 nitrogen and oxygen atoms in total. The molecular weight excluding hydrogens is 248 g/mol. The summed E-state index contributed by atoms with van der Waals surface area (Å²) in [4.78, 5) is 0. The summed E-state index contributed by atoms with van der Waals surface area (Å²) in [6, 6.07) is 9.76. The Morgan fingerprint density at radius 2 is 2.05 bits per heavy atom. The van der Waals surface area contributed by atoms with E-state index in [0.717, 1.165) is 5.56 Å². The number of benzene rings is 1. The van der Waals surface area contributed by atoms with Crippen LogP contribution in [-0.4, -0.2) is 48.0 Å². The maximum atomic E-state index is 10.2. The van der Waals surface area contributed by atoms with Crippen LogP contribution in [0.15, 0.2) is 30.3 Å². The van der Waals surface area contributed by atoms with E-state index >= 15 is 0 Å². The monoisotopic (exact) mass is 266 g/mol. The fourth-order valence-electron chi connectivity index (χ4n) is 2.63. The van der Waals surface area contributed by atoms with Gasteiger partial charge in [0, 0.05) is 0 Å². The van der Waals surface area contributed by atoms with Crippen molar-refractivity contribution in [1.82, 2.24) is 0 Å². The van der Waals surface area contributed by atoms with E-state index in [2.05, 4.69) is 0 Å². The summed E-state index contributed by atoms with van der Waals surface area (Å²) in [6.07, 6.45) is -2.00. The molecule has 3 rings (SSSR count). The maximum absolute atomic E-state index is 10.2. The van der Waals surface area contributed by atoms with Gasteiger partial charge in [-0.1, -0.05) is 30.3 Å². The molecule has 5 heteroatoms. The molecular formula is C14H18O5. The summed E-state index contributed by atoms with van der Waals surface area (Å²) in [5.74, 6) is -0.445. The van der Waals surface area contributed by atoms with Gasteiger partial charge in [0.05, 0.1) is 31.8 Å². The predicted molar refractivity (Wildman–Crippen MR) is 66.2 cm³/mol. The Bertz CT molecular complexity index is 410.